The normalized spacial score (nSPS) is 21.7. The summed E-state index contributed by atoms with van der Waals surface area (Å²) in [5.74, 6) is -0.709. The van der Waals surface area contributed by atoms with E-state index in [1.165, 1.54) is 20.7 Å². The minimum atomic E-state index is -3.70. The van der Waals surface area contributed by atoms with Crippen molar-refractivity contribution in [1.82, 2.24) is 13.9 Å². The number of carbonyl (C=O) groups excluding carboxylic acids is 1. The third-order valence-corrected chi connectivity index (χ3v) is 9.69. The second-order valence-corrected chi connectivity index (χ2v) is 12.0. The van der Waals surface area contributed by atoms with E-state index in [4.69, 9.17) is 4.74 Å². The molecule has 11 heteroatoms. The zero-order chi connectivity index (χ0) is 22.6. The number of rotatable bonds is 7. The number of nitrogens with zero attached hydrogens (tertiary/aromatic N) is 2. The van der Waals surface area contributed by atoms with E-state index < -0.39 is 26.0 Å². The van der Waals surface area contributed by atoms with Crippen LogP contribution in [0.25, 0.3) is 0 Å². The second kappa shape index (κ2) is 9.95. The van der Waals surface area contributed by atoms with Gasteiger partial charge in [-0.05, 0) is 44.4 Å². The van der Waals surface area contributed by atoms with Gasteiger partial charge < -0.3 is 10.1 Å². The van der Waals surface area contributed by atoms with Crippen LogP contribution in [0.15, 0.2) is 23.1 Å². The third-order valence-electron chi connectivity index (χ3n) is 5.81. The fourth-order valence-corrected chi connectivity index (χ4v) is 6.96. The van der Waals surface area contributed by atoms with Crippen LogP contribution >= 0.6 is 0 Å². The van der Waals surface area contributed by atoms with Crippen molar-refractivity contribution in [3.8, 4) is 0 Å². The van der Waals surface area contributed by atoms with Crippen LogP contribution in [0.2, 0.25) is 0 Å². The molecule has 1 amide bonds. The van der Waals surface area contributed by atoms with Crippen molar-refractivity contribution in [2.24, 2.45) is 0 Å². The minimum absolute atomic E-state index is 0.0574. The highest BCUT2D eigenvalue weighted by Gasteiger charge is 2.31. The summed E-state index contributed by atoms with van der Waals surface area (Å²) < 4.78 is 59.0. The van der Waals surface area contributed by atoms with E-state index >= 15 is 0 Å². The van der Waals surface area contributed by atoms with E-state index in [1.54, 1.807) is 13.0 Å². The zero-order valence-electron chi connectivity index (χ0n) is 18.0. The quantitative estimate of drug-likeness (QED) is 0.631. The summed E-state index contributed by atoms with van der Waals surface area (Å²) in [6.45, 7) is 5.38. The SMILES string of the molecule is Cc1ccc(S(=O)(=O)N2CCCCC2C)cc1C(=O)NCCS(=O)(=O)N1CCOCC1. The second-order valence-electron chi connectivity index (χ2n) is 8.02. The van der Waals surface area contributed by atoms with Gasteiger partial charge in [0.1, 0.15) is 0 Å². The number of benzene rings is 1. The molecule has 1 aromatic carbocycles. The van der Waals surface area contributed by atoms with Crippen molar-refractivity contribution in [2.45, 2.75) is 44.0 Å². The van der Waals surface area contributed by atoms with Crippen LogP contribution in [0.5, 0.6) is 0 Å². The first-order chi connectivity index (χ1) is 14.6. The summed E-state index contributed by atoms with van der Waals surface area (Å²) >= 11 is 0. The van der Waals surface area contributed by atoms with Crippen molar-refractivity contribution in [1.29, 1.82) is 0 Å². The minimum Gasteiger partial charge on any atom is -0.379 e. The fraction of sp³-hybridized carbons (Fsp3) is 0.650. The lowest BCUT2D eigenvalue weighted by atomic mass is 10.1. The Labute approximate surface area is 184 Å². The van der Waals surface area contributed by atoms with Crippen LogP contribution in [0.4, 0.5) is 0 Å². The largest absolute Gasteiger partial charge is 0.379 e. The van der Waals surface area contributed by atoms with Crippen LogP contribution in [-0.2, 0) is 24.8 Å². The van der Waals surface area contributed by atoms with Crippen molar-refractivity contribution in [3.05, 3.63) is 29.3 Å². The summed E-state index contributed by atoms with van der Waals surface area (Å²) in [7, 11) is -7.19. The van der Waals surface area contributed by atoms with Gasteiger partial charge in [0.25, 0.3) is 5.91 Å². The molecule has 1 aromatic rings. The summed E-state index contributed by atoms with van der Waals surface area (Å²) in [6, 6.07) is 4.44. The molecular formula is C20H31N3O6S2. The molecule has 0 aliphatic carbocycles. The molecule has 1 atom stereocenters. The van der Waals surface area contributed by atoms with Gasteiger partial charge in [-0.3, -0.25) is 4.79 Å². The molecule has 31 heavy (non-hydrogen) atoms. The van der Waals surface area contributed by atoms with Crippen molar-refractivity contribution >= 4 is 26.0 Å². The Hall–Kier alpha value is -1.53. The Morgan fingerprint density at radius 3 is 2.52 bits per heavy atom. The molecule has 0 bridgehead atoms. The molecule has 2 aliphatic heterocycles. The Morgan fingerprint density at radius 2 is 1.84 bits per heavy atom. The van der Waals surface area contributed by atoms with E-state index in [2.05, 4.69) is 5.32 Å². The summed E-state index contributed by atoms with van der Waals surface area (Å²) in [5.41, 5.74) is 0.855. The number of amides is 1. The van der Waals surface area contributed by atoms with Gasteiger partial charge in [-0.15, -0.1) is 0 Å². The lowest BCUT2D eigenvalue weighted by Crippen LogP contribution is -2.43. The first-order valence-corrected chi connectivity index (χ1v) is 13.6. The maximum atomic E-state index is 13.1. The summed E-state index contributed by atoms with van der Waals surface area (Å²) in [5, 5.41) is 2.62. The van der Waals surface area contributed by atoms with Gasteiger partial charge in [0, 0.05) is 37.8 Å². The molecule has 2 aliphatic rings. The van der Waals surface area contributed by atoms with Crippen LogP contribution in [0.3, 0.4) is 0 Å². The molecule has 0 radical (unpaired) electrons. The molecule has 1 N–H and O–H groups in total. The van der Waals surface area contributed by atoms with E-state index in [0.29, 0.717) is 38.4 Å². The lowest BCUT2D eigenvalue weighted by Gasteiger charge is -2.32. The number of ether oxygens (including phenoxy) is 1. The van der Waals surface area contributed by atoms with Crippen molar-refractivity contribution < 1.29 is 26.4 Å². The van der Waals surface area contributed by atoms with Crippen molar-refractivity contribution in [2.75, 3.05) is 45.1 Å². The van der Waals surface area contributed by atoms with Gasteiger partial charge in [0.2, 0.25) is 20.0 Å². The van der Waals surface area contributed by atoms with E-state index in [-0.39, 0.29) is 28.8 Å². The van der Waals surface area contributed by atoms with Crippen molar-refractivity contribution in [3.63, 3.8) is 0 Å². The maximum absolute atomic E-state index is 13.1. The third kappa shape index (κ3) is 5.64. The fourth-order valence-electron chi connectivity index (χ4n) is 3.91. The zero-order valence-corrected chi connectivity index (χ0v) is 19.7. The summed E-state index contributed by atoms with van der Waals surface area (Å²) in [4.78, 5) is 12.8. The van der Waals surface area contributed by atoms with Crippen LogP contribution in [0, 0.1) is 6.92 Å². The molecule has 9 nitrogen and oxygen atoms in total. The van der Waals surface area contributed by atoms with E-state index in [9.17, 15) is 21.6 Å². The Bertz CT molecular complexity index is 1000. The number of hydrogen-bond donors (Lipinski definition) is 1. The first kappa shape index (κ1) is 24.1. The van der Waals surface area contributed by atoms with Crippen LogP contribution in [0.1, 0.15) is 42.1 Å². The Morgan fingerprint density at radius 1 is 1.13 bits per heavy atom. The molecule has 1 unspecified atom stereocenters. The number of piperidine rings is 1. The van der Waals surface area contributed by atoms with Crippen LogP contribution < -0.4 is 5.32 Å². The number of carbonyl (C=O) groups is 1. The molecule has 0 saturated carbocycles. The Kier molecular flexibility index (Phi) is 7.74. The molecule has 0 spiro atoms. The maximum Gasteiger partial charge on any atom is 0.251 e. The van der Waals surface area contributed by atoms with E-state index in [1.807, 2.05) is 6.92 Å². The topological polar surface area (TPSA) is 113 Å². The molecule has 0 aromatic heterocycles. The number of morpholine rings is 1. The first-order valence-electron chi connectivity index (χ1n) is 10.6. The van der Waals surface area contributed by atoms with Gasteiger partial charge in [-0.1, -0.05) is 12.5 Å². The van der Waals surface area contributed by atoms with Gasteiger partial charge in [0.05, 0.1) is 23.9 Å². The Balaban J connectivity index is 1.69. The molecule has 3 rings (SSSR count). The molecule has 2 fully saturated rings. The highest BCUT2D eigenvalue weighted by molar-refractivity contribution is 7.89. The monoisotopic (exact) mass is 473 g/mol. The highest BCUT2D eigenvalue weighted by Crippen LogP contribution is 2.26. The molecule has 2 heterocycles. The molecular weight excluding hydrogens is 442 g/mol. The van der Waals surface area contributed by atoms with Gasteiger partial charge in [0.15, 0.2) is 0 Å². The highest BCUT2D eigenvalue weighted by atomic mass is 32.2. The molecule has 2 saturated heterocycles. The standard InChI is InChI=1S/C20H31N3O6S2/c1-16-6-7-18(31(27,28)23-9-4-3-5-17(23)2)15-19(16)20(24)21-8-14-30(25,26)22-10-12-29-13-11-22/h6-7,15,17H,3-5,8-14H2,1-2H3,(H,21,24). The number of nitrogens with one attached hydrogen (secondary N) is 1. The molecule has 174 valence electrons. The lowest BCUT2D eigenvalue weighted by molar-refractivity contribution is 0.0730. The van der Waals surface area contributed by atoms with Gasteiger partial charge in [-0.2, -0.15) is 8.61 Å². The number of aryl methyl sites for hydroxylation is 1. The predicted molar refractivity (Wildman–Crippen MR) is 117 cm³/mol. The predicted octanol–water partition coefficient (Wildman–Crippen LogP) is 0.950. The summed E-state index contributed by atoms with van der Waals surface area (Å²) in [6.07, 6.45) is 2.64. The van der Waals surface area contributed by atoms with Crippen LogP contribution in [-0.4, -0.2) is 82.5 Å². The number of sulfonamides is 2. The van der Waals surface area contributed by atoms with Gasteiger partial charge in [-0.25, -0.2) is 16.8 Å². The average Bonchev–Trinajstić information content (AvgIpc) is 2.74. The van der Waals surface area contributed by atoms with Gasteiger partial charge >= 0.3 is 0 Å². The van der Waals surface area contributed by atoms with E-state index in [0.717, 1.165) is 19.3 Å². The average molecular weight is 474 g/mol. The smallest absolute Gasteiger partial charge is 0.251 e. The number of hydrogen-bond acceptors (Lipinski definition) is 6.